The van der Waals surface area contributed by atoms with Gasteiger partial charge in [-0.2, -0.15) is 4.98 Å². The molecular weight excluding hydrogens is 435 g/mol. The van der Waals surface area contributed by atoms with Gasteiger partial charge in [-0.1, -0.05) is 28.4 Å². The van der Waals surface area contributed by atoms with E-state index in [1.807, 2.05) is 0 Å². The summed E-state index contributed by atoms with van der Waals surface area (Å²) in [6.07, 6.45) is 0. The van der Waals surface area contributed by atoms with Gasteiger partial charge in [-0.25, -0.2) is 0 Å². The SMILES string of the molecule is O=C(NCCNC(=O)c1ccc(Cl)cc1Cl)c1nc(-c2ccc3c(c2)OCO3)no1. The second-order valence-corrected chi connectivity index (χ2v) is 6.97. The van der Waals surface area contributed by atoms with Gasteiger partial charge in [-0.05, 0) is 36.4 Å². The molecule has 4 rings (SSSR count). The van der Waals surface area contributed by atoms with E-state index in [0.29, 0.717) is 22.1 Å². The fourth-order valence-corrected chi connectivity index (χ4v) is 3.16. The van der Waals surface area contributed by atoms with Gasteiger partial charge < -0.3 is 24.6 Å². The standard InChI is InChI=1S/C19H14Cl2N4O5/c20-11-2-3-12(13(21)8-11)17(26)22-5-6-23-18(27)19-24-16(25-30-19)10-1-4-14-15(7-10)29-9-28-14/h1-4,7-8H,5-6,9H2,(H,22,26)(H,23,27). The van der Waals surface area contributed by atoms with Crippen molar-refractivity contribution in [2.45, 2.75) is 0 Å². The summed E-state index contributed by atoms with van der Waals surface area (Å²) in [7, 11) is 0. The minimum atomic E-state index is -0.562. The predicted molar refractivity (Wildman–Crippen MR) is 107 cm³/mol. The van der Waals surface area contributed by atoms with Crippen LogP contribution in [-0.2, 0) is 0 Å². The van der Waals surface area contributed by atoms with E-state index in [4.69, 9.17) is 37.2 Å². The summed E-state index contributed by atoms with van der Waals surface area (Å²) >= 11 is 11.8. The van der Waals surface area contributed by atoms with Crippen molar-refractivity contribution in [1.82, 2.24) is 20.8 Å². The number of carbonyl (C=O) groups is 2. The molecular formula is C19H14Cl2N4O5. The number of aromatic nitrogens is 2. The van der Waals surface area contributed by atoms with Crippen LogP contribution in [0.4, 0.5) is 0 Å². The number of benzene rings is 2. The van der Waals surface area contributed by atoms with Crippen molar-refractivity contribution in [3.8, 4) is 22.9 Å². The summed E-state index contributed by atoms with van der Waals surface area (Å²) < 4.78 is 15.6. The molecule has 0 bridgehead atoms. The van der Waals surface area contributed by atoms with Crippen LogP contribution in [0.15, 0.2) is 40.9 Å². The van der Waals surface area contributed by atoms with Crippen LogP contribution < -0.4 is 20.1 Å². The van der Waals surface area contributed by atoms with E-state index in [0.717, 1.165) is 0 Å². The Morgan fingerprint density at radius 2 is 1.73 bits per heavy atom. The third kappa shape index (κ3) is 4.32. The van der Waals surface area contributed by atoms with Crippen LogP contribution in [0.25, 0.3) is 11.4 Å². The summed E-state index contributed by atoms with van der Waals surface area (Å²) in [6.45, 7) is 0.476. The van der Waals surface area contributed by atoms with Crippen LogP contribution in [0.5, 0.6) is 11.5 Å². The molecule has 9 nitrogen and oxygen atoms in total. The molecule has 3 aromatic rings. The Labute approximate surface area is 180 Å². The maximum atomic E-state index is 12.2. The molecule has 0 radical (unpaired) electrons. The van der Waals surface area contributed by atoms with E-state index >= 15 is 0 Å². The predicted octanol–water partition coefficient (Wildman–Crippen LogP) is 2.93. The highest BCUT2D eigenvalue weighted by atomic mass is 35.5. The Morgan fingerprint density at radius 1 is 0.967 bits per heavy atom. The molecule has 0 aliphatic carbocycles. The molecule has 30 heavy (non-hydrogen) atoms. The van der Waals surface area contributed by atoms with Gasteiger partial charge in [-0.3, -0.25) is 9.59 Å². The van der Waals surface area contributed by atoms with Crippen LogP contribution >= 0.6 is 23.2 Å². The quantitative estimate of drug-likeness (QED) is 0.556. The van der Waals surface area contributed by atoms with Gasteiger partial charge in [0.25, 0.3) is 5.91 Å². The largest absolute Gasteiger partial charge is 0.454 e. The van der Waals surface area contributed by atoms with E-state index in [-0.39, 0.29) is 48.1 Å². The first-order valence-corrected chi connectivity index (χ1v) is 9.52. The number of ether oxygens (including phenoxy) is 2. The molecule has 2 N–H and O–H groups in total. The fourth-order valence-electron chi connectivity index (χ4n) is 2.67. The molecule has 1 aromatic heterocycles. The number of nitrogens with zero attached hydrogens (tertiary/aromatic N) is 2. The molecule has 1 aliphatic rings. The average molecular weight is 449 g/mol. The number of hydrogen-bond acceptors (Lipinski definition) is 7. The molecule has 0 unspecified atom stereocenters. The van der Waals surface area contributed by atoms with Gasteiger partial charge in [0, 0.05) is 23.7 Å². The molecule has 2 aromatic carbocycles. The number of nitrogens with one attached hydrogen (secondary N) is 2. The third-order valence-electron chi connectivity index (χ3n) is 4.12. The van der Waals surface area contributed by atoms with Crippen molar-refractivity contribution in [2.75, 3.05) is 19.9 Å². The Morgan fingerprint density at radius 3 is 2.53 bits per heavy atom. The van der Waals surface area contributed by atoms with Gasteiger partial charge in [0.2, 0.25) is 12.6 Å². The molecule has 0 spiro atoms. The average Bonchev–Trinajstić information content (AvgIpc) is 3.39. The fraction of sp³-hybridized carbons (Fsp3) is 0.158. The zero-order valence-electron chi connectivity index (χ0n) is 15.3. The number of amides is 2. The lowest BCUT2D eigenvalue weighted by Gasteiger charge is -2.07. The van der Waals surface area contributed by atoms with Gasteiger partial charge in [0.15, 0.2) is 11.5 Å². The van der Waals surface area contributed by atoms with E-state index < -0.39 is 5.91 Å². The number of halogens is 2. The Kier molecular flexibility index (Phi) is 5.73. The lowest BCUT2D eigenvalue weighted by molar-refractivity contribution is 0.0898. The first-order chi connectivity index (χ1) is 14.5. The number of hydrogen-bond donors (Lipinski definition) is 2. The van der Waals surface area contributed by atoms with Crippen LogP contribution in [-0.4, -0.2) is 41.8 Å². The zero-order valence-corrected chi connectivity index (χ0v) is 16.8. The van der Waals surface area contributed by atoms with E-state index in [1.165, 1.54) is 12.1 Å². The van der Waals surface area contributed by atoms with Crippen molar-refractivity contribution in [2.24, 2.45) is 0 Å². The number of fused-ring (bicyclic) bond motifs is 1. The lowest BCUT2D eigenvalue weighted by atomic mass is 10.2. The van der Waals surface area contributed by atoms with Gasteiger partial charge in [0.05, 0.1) is 10.6 Å². The first-order valence-electron chi connectivity index (χ1n) is 8.76. The highest BCUT2D eigenvalue weighted by Crippen LogP contribution is 2.35. The number of rotatable bonds is 6. The maximum absolute atomic E-state index is 12.2. The van der Waals surface area contributed by atoms with Crippen LogP contribution in [0, 0.1) is 0 Å². The van der Waals surface area contributed by atoms with Gasteiger partial charge in [-0.15, -0.1) is 0 Å². The topological polar surface area (TPSA) is 116 Å². The van der Waals surface area contributed by atoms with E-state index in [9.17, 15) is 9.59 Å². The summed E-state index contributed by atoms with van der Waals surface area (Å²) in [5.74, 6) is 0.294. The third-order valence-corrected chi connectivity index (χ3v) is 4.67. The second kappa shape index (κ2) is 8.60. The molecule has 11 heteroatoms. The smallest absolute Gasteiger partial charge is 0.316 e. The molecule has 2 heterocycles. The summed E-state index contributed by atoms with van der Waals surface area (Å²) in [5, 5.41) is 9.72. The molecule has 0 atom stereocenters. The maximum Gasteiger partial charge on any atom is 0.316 e. The van der Waals surface area contributed by atoms with Gasteiger partial charge >= 0.3 is 11.8 Å². The molecule has 0 saturated heterocycles. The molecule has 154 valence electrons. The molecule has 0 fully saturated rings. The molecule has 2 amide bonds. The van der Waals surface area contributed by atoms with Crippen molar-refractivity contribution >= 4 is 35.0 Å². The van der Waals surface area contributed by atoms with Crippen molar-refractivity contribution in [3.05, 3.63) is 57.9 Å². The minimum absolute atomic E-state index is 0.150. The van der Waals surface area contributed by atoms with Crippen molar-refractivity contribution < 1.29 is 23.6 Å². The minimum Gasteiger partial charge on any atom is -0.454 e. The molecule has 1 aliphatic heterocycles. The second-order valence-electron chi connectivity index (χ2n) is 6.13. The Hall–Kier alpha value is -3.30. The Balaban J connectivity index is 1.29. The van der Waals surface area contributed by atoms with E-state index in [2.05, 4.69) is 20.8 Å². The van der Waals surface area contributed by atoms with Crippen molar-refractivity contribution in [1.29, 1.82) is 0 Å². The summed E-state index contributed by atoms with van der Waals surface area (Å²) in [4.78, 5) is 28.4. The van der Waals surface area contributed by atoms with Crippen LogP contribution in [0.2, 0.25) is 10.0 Å². The summed E-state index contributed by atoms with van der Waals surface area (Å²) in [5.41, 5.74) is 0.909. The Bertz CT molecular complexity index is 1120. The zero-order chi connectivity index (χ0) is 21.1. The van der Waals surface area contributed by atoms with E-state index in [1.54, 1.807) is 24.3 Å². The number of carbonyl (C=O) groups excluding carboxylic acids is 2. The molecule has 0 saturated carbocycles. The monoisotopic (exact) mass is 448 g/mol. The van der Waals surface area contributed by atoms with Crippen LogP contribution in [0.1, 0.15) is 21.0 Å². The van der Waals surface area contributed by atoms with Crippen molar-refractivity contribution in [3.63, 3.8) is 0 Å². The highest BCUT2D eigenvalue weighted by molar-refractivity contribution is 6.36. The first kappa shape index (κ1) is 20.0. The normalized spacial score (nSPS) is 11.9. The van der Waals surface area contributed by atoms with Crippen LogP contribution in [0.3, 0.4) is 0 Å². The lowest BCUT2D eigenvalue weighted by Crippen LogP contribution is -2.34. The summed E-state index contributed by atoms with van der Waals surface area (Å²) in [6, 6.07) is 9.73. The van der Waals surface area contributed by atoms with Gasteiger partial charge in [0.1, 0.15) is 0 Å². The highest BCUT2D eigenvalue weighted by Gasteiger charge is 2.19.